The van der Waals surface area contributed by atoms with Gasteiger partial charge in [0.05, 0.1) is 0 Å². The molecule has 1 heterocycles. The zero-order valence-corrected chi connectivity index (χ0v) is 24.3. The van der Waals surface area contributed by atoms with E-state index in [1.54, 1.807) is 0 Å². The van der Waals surface area contributed by atoms with E-state index in [9.17, 15) is 0 Å². The molecule has 0 N–H and O–H groups in total. The third-order valence-electron chi connectivity index (χ3n) is 7.07. The van der Waals surface area contributed by atoms with Gasteiger partial charge in [0.1, 0.15) is 0 Å². The number of hydrogen-bond acceptors (Lipinski definition) is 3. The second kappa shape index (κ2) is 12.2. The molecule has 4 heteroatoms. The molecule has 1 aromatic heterocycles. The number of halogens is 1. The summed E-state index contributed by atoms with van der Waals surface area (Å²) in [7, 11) is 0. The number of alkyl halides is 1. The van der Waals surface area contributed by atoms with Crippen molar-refractivity contribution in [1.29, 1.82) is 0 Å². The molecule has 0 atom stereocenters. The lowest BCUT2D eigenvalue weighted by molar-refractivity contribution is 1.03. The Hall–Kier alpha value is -4.67. The van der Waals surface area contributed by atoms with Crippen molar-refractivity contribution in [2.75, 3.05) is 0 Å². The van der Waals surface area contributed by atoms with E-state index in [1.165, 1.54) is 5.56 Å². The minimum Gasteiger partial charge on any atom is -0.208 e. The van der Waals surface area contributed by atoms with Crippen molar-refractivity contribution in [2.24, 2.45) is 0 Å². The summed E-state index contributed by atoms with van der Waals surface area (Å²) in [5.74, 6) is 1.93. The predicted molar refractivity (Wildman–Crippen MR) is 173 cm³/mol. The van der Waals surface area contributed by atoms with Gasteiger partial charge in [-0.2, -0.15) is 0 Å². The lowest BCUT2D eigenvalue weighted by Gasteiger charge is -2.14. The van der Waals surface area contributed by atoms with E-state index in [2.05, 4.69) is 143 Å². The molecule has 0 fully saturated rings. The second-order valence-corrected chi connectivity index (χ2v) is 10.3. The van der Waals surface area contributed by atoms with Gasteiger partial charge in [-0.25, -0.2) is 15.0 Å². The van der Waals surface area contributed by atoms with E-state index in [4.69, 9.17) is 15.0 Å². The molecule has 41 heavy (non-hydrogen) atoms. The highest BCUT2D eigenvalue weighted by molar-refractivity contribution is 9.08. The summed E-state index contributed by atoms with van der Waals surface area (Å²) in [5, 5.41) is 0.740. The Morgan fingerprint density at radius 1 is 0.537 bits per heavy atom. The maximum Gasteiger partial charge on any atom is 0.164 e. The van der Waals surface area contributed by atoms with Gasteiger partial charge in [0.15, 0.2) is 17.5 Å². The lowest BCUT2D eigenvalue weighted by atomic mass is 9.99. The van der Waals surface area contributed by atoms with Gasteiger partial charge in [0.2, 0.25) is 0 Å². The number of nitrogens with zero attached hydrogens (tertiary/aromatic N) is 3. The smallest absolute Gasteiger partial charge is 0.164 e. The molecule has 0 saturated heterocycles. The summed E-state index contributed by atoms with van der Waals surface area (Å²) in [5.41, 5.74) is 9.69. The van der Waals surface area contributed by atoms with E-state index < -0.39 is 0 Å². The van der Waals surface area contributed by atoms with E-state index in [-0.39, 0.29) is 0 Å². The number of benzene rings is 5. The van der Waals surface area contributed by atoms with Crippen molar-refractivity contribution in [2.45, 2.75) is 12.3 Å². The van der Waals surface area contributed by atoms with E-state index >= 15 is 0 Å². The fourth-order valence-electron chi connectivity index (χ4n) is 5.00. The van der Waals surface area contributed by atoms with Gasteiger partial charge in [-0.15, -0.1) is 0 Å². The van der Waals surface area contributed by atoms with Crippen LogP contribution in [0.4, 0.5) is 0 Å². The van der Waals surface area contributed by atoms with Crippen molar-refractivity contribution in [1.82, 2.24) is 15.0 Å². The van der Waals surface area contributed by atoms with Crippen LogP contribution in [-0.4, -0.2) is 15.0 Å². The molecular formula is C37H28BrN3. The fourth-order valence-corrected chi connectivity index (χ4v) is 5.49. The summed E-state index contributed by atoms with van der Waals surface area (Å²) in [6, 6.07) is 45.9. The highest BCUT2D eigenvalue weighted by Crippen LogP contribution is 2.31. The monoisotopic (exact) mass is 593 g/mol. The molecule has 3 nitrogen and oxygen atoms in total. The summed E-state index contributed by atoms with van der Waals surface area (Å²) in [6.07, 6.45) is 2.09. The third kappa shape index (κ3) is 5.79. The zero-order chi connectivity index (χ0) is 28.0. The van der Waals surface area contributed by atoms with Gasteiger partial charge in [0, 0.05) is 22.0 Å². The molecule has 0 bridgehead atoms. The Kier molecular flexibility index (Phi) is 7.92. The van der Waals surface area contributed by atoms with Crippen molar-refractivity contribution in [3.05, 3.63) is 156 Å². The number of aromatic nitrogens is 3. The van der Waals surface area contributed by atoms with Crippen LogP contribution in [0.25, 0.3) is 50.6 Å². The van der Waals surface area contributed by atoms with Crippen LogP contribution in [-0.2, 0) is 5.33 Å². The first-order chi connectivity index (χ1) is 20.2. The highest BCUT2D eigenvalue weighted by Gasteiger charge is 2.17. The van der Waals surface area contributed by atoms with Crippen LogP contribution < -0.4 is 0 Å². The Labute approximate surface area is 249 Å². The number of allylic oxidation sites excluding steroid dienone is 1. The van der Waals surface area contributed by atoms with Crippen molar-refractivity contribution in [3.8, 4) is 45.0 Å². The van der Waals surface area contributed by atoms with Crippen molar-refractivity contribution >= 4 is 21.5 Å². The van der Waals surface area contributed by atoms with Crippen LogP contribution in [0.3, 0.4) is 0 Å². The second-order valence-electron chi connectivity index (χ2n) is 9.69. The van der Waals surface area contributed by atoms with Crippen LogP contribution in [0.2, 0.25) is 0 Å². The van der Waals surface area contributed by atoms with Gasteiger partial charge < -0.3 is 0 Å². The Bertz CT molecular complexity index is 1730. The highest BCUT2D eigenvalue weighted by atomic mass is 79.9. The molecule has 0 spiro atoms. The fraction of sp³-hybridized carbons (Fsp3) is 0.0541. The average molecular weight is 595 g/mol. The van der Waals surface area contributed by atoms with Gasteiger partial charge in [-0.1, -0.05) is 143 Å². The van der Waals surface area contributed by atoms with Crippen molar-refractivity contribution in [3.63, 3.8) is 0 Å². The molecule has 5 aromatic carbocycles. The number of rotatable bonds is 7. The summed E-state index contributed by atoms with van der Waals surface area (Å²) in [4.78, 5) is 15.2. The standard InChI is InChI=1S/C37H28BrN3/c1-2-33(34-22-10-9-17-32(34)25-38)37-40-35(30-20-11-18-28(23-30)26-13-5-3-6-14-26)39-36(41-37)31-21-12-19-29(24-31)27-15-7-4-8-16-27/h2-24H,25H2,1H3/b33-2+. The first-order valence-electron chi connectivity index (χ1n) is 13.6. The summed E-state index contributed by atoms with van der Waals surface area (Å²) in [6.45, 7) is 2.04. The van der Waals surface area contributed by atoms with Gasteiger partial charge in [-0.3, -0.25) is 0 Å². The van der Waals surface area contributed by atoms with Crippen LogP contribution in [0.1, 0.15) is 23.9 Å². The van der Waals surface area contributed by atoms with Crippen LogP contribution >= 0.6 is 15.9 Å². The molecular weight excluding hydrogens is 566 g/mol. The van der Waals surface area contributed by atoms with Crippen LogP contribution in [0, 0.1) is 0 Å². The van der Waals surface area contributed by atoms with Gasteiger partial charge >= 0.3 is 0 Å². The van der Waals surface area contributed by atoms with Crippen LogP contribution in [0.5, 0.6) is 0 Å². The SMILES string of the molecule is C/C=C(/c1nc(-c2cccc(-c3ccccc3)c2)nc(-c2cccc(-c3ccccc3)c2)n1)c1ccccc1CBr. The first-order valence-corrected chi connectivity index (χ1v) is 14.7. The minimum absolute atomic E-state index is 0.642. The molecule has 198 valence electrons. The minimum atomic E-state index is 0.642. The quantitative estimate of drug-likeness (QED) is 0.173. The molecule has 0 saturated carbocycles. The summed E-state index contributed by atoms with van der Waals surface area (Å²) >= 11 is 3.66. The molecule has 0 aliphatic heterocycles. The molecule has 0 radical (unpaired) electrons. The number of hydrogen-bond donors (Lipinski definition) is 0. The van der Waals surface area contributed by atoms with E-state index in [0.29, 0.717) is 17.5 Å². The zero-order valence-electron chi connectivity index (χ0n) is 22.7. The molecule has 6 rings (SSSR count). The first kappa shape index (κ1) is 26.5. The Morgan fingerprint density at radius 3 is 1.51 bits per heavy atom. The molecule has 6 aromatic rings. The Morgan fingerprint density at radius 2 is 1.00 bits per heavy atom. The van der Waals surface area contributed by atoms with E-state index in [1.807, 2.05) is 19.1 Å². The average Bonchev–Trinajstić information content (AvgIpc) is 3.06. The molecule has 0 unspecified atom stereocenters. The largest absolute Gasteiger partial charge is 0.208 e. The normalized spacial score (nSPS) is 11.4. The molecule has 0 aliphatic rings. The van der Waals surface area contributed by atoms with Gasteiger partial charge in [-0.05, 0) is 52.4 Å². The van der Waals surface area contributed by atoms with Crippen LogP contribution in [0.15, 0.2) is 140 Å². The van der Waals surface area contributed by atoms with Crippen molar-refractivity contribution < 1.29 is 0 Å². The molecule has 0 amide bonds. The lowest BCUT2D eigenvalue weighted by Crippen LogP contribution is -2.05. The predicted octanol–water partition coefficient (Wildman–Crippen LogP) is 9.89. The maximum atomic E-state index is 5.06. The Balaban J connectivity index is 1.53. The summed E-state index contributed by atoms with van der Waals surface area (Å²) < 4.78 is 0. The van der Waals surface area contributed by atoms with Gasteiger partial charge in [0.25, 0.3) is 0 Å². The molecule has 0 aliphatic carbocycles. The van der Waals surface area contributed by atoms with E-state index in [0.717, 1.165) is 49.8 Å². The topological polar surface area (TPSA) is 38.7 Å². The maximum absolute atomic E-state index is 5.06. The third-order valence-corrected chi connectivity index (χ3v) is 7.68.